The molecular formula is C31H46N4O4. The summed E-state index contributed by atoms with van der Waals surface area (Å²) in [5.74, 6) is 0.943. The third kappa shape index (κ3) is 5.72. The maximum absolute atomic E-state index is 13.6. The fourth-order valence-corrected chi connectivity index (χ4v) is 5.52. The SMILES string of the molecule is C.CCC.CCCC1(C)Oc2ccccc2C12N=C(c1ccccn1)NC(CN1CCOCC1)=C2C(=O)OC.[HH]. The van der Waals surface area contributed by atoms with E-state index >= 15 is 0 Å². The van der Waals surface area contributed by atoms with Gasteiger partial charge < -0.3 is 19.5 Å². The molecule has 8 nitrogen and oxygen atoms in total. The van der Waals surface area contributed by atoms with Crippen molar-refractivity contribution in [3.05, 3.63) is 71.2 Å². The van der Waals surface area contributed by atoms with Crippen LogP contribution in [0.3, 0.4) is 0 Å². The third-order valence-corrected chi connectivity index (χ3v) is 7.10. The number of nitrogens with zero attached hydrogens (tertiary/aromatic N) is 3. The van der Waals surface area contributed by atoms with Crippen molar-refractivity contribution in [1.82, 2.24) is 15.2 Å². The van der Waals surface area contributed by atoms with Crippen LogP contribution < -0.4 is 10.1 Å². The van der Waals surface area contributed by atoms with Gasteiger partial charge in [0.25, 0.3) is 0 Å². The molecule has 1 fully saturated rings. The van der Waals surface area contributed by atoms with Crippen LogP contribution in [0.25, 0.3) is 0 Å². The molecule has 1 N–H and O–H groups in total. The van der Waals surface area contributed by atoms with Crippen molar-refractivity contribution < 1.29 is 20.4 Å². The number of benzene rings is 1. The molecule has 39 heavy (non-hydrogen) atoms. The first kappa shape index (κ1) is 30.3. The molecule has 5 rings (SSSR count). The highest BCUT2D eigenvalue weighted by molar-refractivity contribution is 6.04. The van der Waals surface area contributed by atoms with Gasteiger partial charge in [0.2, 0.25) is 0 Å². The molecule has 8 heteroatoms. The lowest BCUT2D eigenvalue weighted by Crippen LogP contribution is -2.56. The number of para-hydroxylation sites is 1. The van der Waals surface area contributed by atoms with Crippen LogP contribution in [0, 0.1) is 0 Å². The predicted molar refractivity (Wildman–Crippen MR) is 157 cm³/mol. The maximum atomic E-state index is 13.6. The van der Waals surface area contributed by atoms with Crippen LogP contribution in [0.2, 0.25) is 0 Å². The van der Waals surface area contributed by atoms with E-state index < -0.39 is 17.1 Å². The Kier molecular flexibility index (Phi) is 10.3. The number of amidine groups is 1. The molecule has 1 saturated heterocycles. The molecule has 4 heterocycles. The molecule has 2 unspecified atom stereocenters. The van der Waals surface area contributed by atoms with Crippen LogP contribution in [-0.4, -0.2) is 67.2 Å². The van der Waals surface area contributed by atoms with Crippen LogP contribution in [0.15, 0.2) is 64.9 Å². The molecule has 214 valence electrons. The van der Waals surface area contributed by atoms with E-state index in [1.165, 1.54) is 13.5 Å². The Labute approximate surface area is 235 Å². The topological polar surface area (TPSA) is 85.3 Å². The zero-order valence-electron chi connectivity index (χ0n) is 23.3. The lowest BCUT2D eigenvalue weighted by Gasteiger charge is -2.44. The number of ether oxygens (including phenoxy) is 3. The highest BCUT2D eigenvalue weighted by Crippen LogP contribution is 2.57. The summed E-state index contributed by atoms with van der Waals surface area (Å²) < 4.78 is 17.6. The van der Waals surface area contributed by atoms with Gasteiger partial charge in [0.05, 0.1) is 25.9 Å². The molecule has 2 aromatic rings. The summed E-state index contributed by atoms with van der Waals surface area (Å²) in [4.78, 5) is 25.8. The Morgan fingerprint density at radius 1 is 1.13 bits per heavy atom. The number of carbonyl (C=O) groups is 1. The van der Waals surface area contributed by atoms with Crippen molar-refractivity contribution in [2.45, 2.75) is 65.5 Å². The van der Waals surface area contributed by atoms with E-state index in [1.807, 2.05) is 42.5 Å². The number of morpholine rings is 1. The van der Waals surface area contributed by atoms with Crippen molar-refractivity contribution in [3.63, 3.8) is 0 Å². The first-order valence-electron chi connectivity index (χ1n) is 13.6. The van der Waals surface area contributed by atoms with E-state index in [2.05, 4.69) is 42.9 Å². The number of esters is 1. The van der Waals surface area contributed by atoms with Gasteiger partial charge in [0.15, 0.2) is 11.4 Å². The van der Waals surface area contributed by atoms with Crippen LogP contribution in [0.4, 0.5) is 0 Å². The number of hydrogen-bond donors (Lipinski definition) is 1. The molecule has 0 amide bonds. The zero-order valence-corrected chi connectivity index (χ0v) is 23.3. The molecule has 0 aliphatic carbocycles. The number of methoxy groups -OCH3 is 1. The minimum absolute atomic E-state index is 0. The van der Waals surface area contributed by atoms with Gasteiger partial charge in [-0.1, -0.05) is 65.3 Å². The standard InChI is InChI=1S/C27H32N4O4.C3H8.CH4.H2/c1-4-12-26(2)27(19-9-5-6-11-22(19)35-26)23(25(32)33-3)21(18-31-14-16-34-17-15-31)29-24(30-27)20-10-7-8-13-28-20;1-3-2;;/h5-11,13H,4,12,14-18H2,1-3H3,(H,29,30);3H2,1-2H3;1H4;1H. The van der Waals surface area contributed by atoms with E-state index in [1.54, 1.807) is 6.20 Å². The first-order chi connectivity index (χ1) is 18.4. The van der Waals surface area contributed by atoms with Crippen molar-refractivity contribution in [3.8, 4) is 5.75 Å². The quantitative estimate of drug-likeness (QED) is 0.497. The molecule has 1 aromatic carbocycles. The largest absolute Gasteiger partial charge is 0.484 e. The van der Waals surface area contributed by atoms with E-state index in [0.29, 0.717) is 43.3 Å². The molecule has 1 aromatic heterocycles. The van der Waals surface area contributed by atoms with Crippen molar-refractivity contribution in [2.24, 2.45) is 4.99 Å². The predicted octanol–water partition coefficient (Wildman–Crippen LogP) is 5.34. The maximum Gasteiger partial charge on any atom is 0.338 e. The summed E-state index contributed by atoms with van der Waals surface area (Å²) in [6.45, 7) is 11.8. The van der Waals surface area contributed by atoms with E-state index in [4.69, 9.17) is 19.2 Å². The molecule has 0 saturated carbocycles. The van der Waals surface area contributed by atoms with Crippen molar-refractivity contribution in [2.75, 3.05) is 40.0 Å². The van der Waals surface area contributed by atoms with E-state index in [9.17, 15) is 4.79 Å². The Bertz CT molecular complexity index is 1180. The molecule has 0 radical (unpaired) electrons. The average Bonchev–Trinajstić information content (AvgIpc) is 3.17. The molecule has 0 bridgehead atoms. The Balaban J connectivity index is 0.00000107. The Morgan fingerprint density at radius 2 is 1.82 bits per heavy atom. The van der Waals surface area contributed by atoms with Crippen LogP contribution in [0.5, 0.6) is 5.75 Å². The lowest BCUT2D eigenvalue weighted by atomic mass is 9.69. The molecule has 3 aliphatic rings. The zero-order chi connectivity index (χ0) is 27.2. The van der Waals surface area contributed by atoms with Gasteiger partial charge in [0.1, 0.15) is 17.0 Å². The molecule has 3 aliphatic heterocycles. The van der Waals surface area contributed by atoms with Gasteiger partial charge in [-0.2, -0.15) is 0 Å². The van der Waals surface area contributed by atoms with Crippen molar-refractivity contribution in [1.29, 1.82) is 0 Å². The number of fused-ring (bicyclic) bond motifs is 2. The summed E-state index contributed by atoms with van der Waals surface area (Å²) in [5, 5.41) is 3.47. The lowest BCUT2D eigenvalue weighted by molar-refractivity contribution is -0.138. The molecule has 1 spiro atoms. The fraction of sp³-hybridized carbons (Fsp3) is 0.516. The Morgan fingerprint density at radius 3 is 2.46 bits per heavy atom. The summed E-state index contributed by atoms with van der Waals surface area (Å²) >= 11 is 0. The van der Waals surface area contributed by atoms with Gasteiger partial charge in [-0.3, -0.25) is 9.88 Å². The number of carbonyl (C=O) groups excluding carboxylic acids is 1. The fourth-order valence-electron chi connectivity index (χ4n) is 5.52. The Hall–Kier alpha value is -3.23. The summed E-state index contributed by atoms with van der Waals surface area (Å²) in [5.41, 5.74) is 0.938. The van der Waals surface area contributed by atoms with E-state index in [0.717, 1.165) is 36.5 Å². The van der Waals surface area contributed by atoms with Gasteiger partial charge in [-0.25, -0.2) is 9.79 Å². The number of pyridine rings is 1. The first-order valence-corrected chi connectivity index (χ1v) is 13.6. The monoisotopic (exact) mass is 538 g/mol. The van der Waals surface area contributed by atoms with Gasteiger partial charge in [-0.05, 0) is 31.5 Å². The highest BCUT2D eigenvalue weighted by Gasteiger charge is 2.63. The van der Waals surface area contributed by atoms with Gasteiger partial charge >= 0.3 is 5.97 Å². The molecular weight excluding hydrogens is 492 g/mol. The number of aromatic nitrogens is 1. The second-order valence-electron chi connectivity index (χ2n) is 10.0. The second kappa shape index (κ2) is 13.2. The van der Waals surface area contributed by atoms with Crippen LogP contribution >= 0.6 is 0 Å². The summed E-state index contributed by atoms with van der Waals surface area (Å²) in [7, 11) is 1.42. The van der Waals surface area contributed by atoms with E-state index in [-0.39, 0.29) is 8.85 Å². The normalized spacial score (nSPS) is 23.9. The van der Waals surface area contributed by atoms with Crippen molar-refractivity contribution >= 4 is 11.8 Å². The number of nitrogens with one attached hydrogen (secondary N) is 1. The third-order valence-electron chi connectivity index (χ3n) is 7.10. The molecule has 2 atom stereocenters. The number of hydrogen-bond acceptors (Lipinski definition) is 8. The average molecular weight is 539 g/mol. The van der Waals surface area contributed by atoms with Crippen LogP contribution in [0.1, 0.15) is 67.1 Å². The minimum Gasteiger partial charge on any atom is -0.484 e. The highest BCUT2D eigenvalue weighted by atomic mass is 16.5. The van der Waals surface area contributed by atoms with Gasteiger partial charge in [0, 0.05) is 38.5 Å². The van der Waals surface area contributed by atoms with Gasteiger partial charge in [-0.15, -0.1) is 0 Å². The smallest absolute Gasteiger partial charge is 0.338 e. The summed E-state index contributed by atoms with van der Waals surface area (Å²) in [6.07, 6.45) is 4.56. The number of rotatable bonds is 6. The second-order valence-corrected chi connectivity index (χ2v) is 10.0. The summed E-state index contributed by atoms with van der Waals surface area (Å²) in [6, 6.07) is 13.6. The number of aliphatic imine (C=N–C) groups is 1. The minimum atomic E-state index is -1.09. The van der Waals surface area contributed by atoms with Crippen LogP contribution in [-0.2, 0) is 19.8 Å².